The SMILES string of the molecule is CCc1ccc(CN(C)Cc2cn[nH]c2-c2ccc(OC)cc2F)nc1. The Balaban J connectivity index is 1.73. The second-order valence-corrected chi connectivity index (χ2v) is 6.30. The van der Waals surface area contributed by atoms with E-state index in [9.17, 15) is 4.39 Å². The number of aryl methyl sites for hydroxylation is 1. The summed E-state index contributed by atoms with van der Waals surface area (Å²) in [7, 11) is 3.53. The molecular formula is C20H23FN4O. The number of aromatic nitrogens is 3. The molecule has 0 aliphatic heterocycles. The molecule has 0 unspecified atom stereocenters. The van der Waals surface area contributed by atoms with Crippen molar-refractivity contribution in [3.8, 4) is 17.0 Å². The first kappa shape index (κ1) is 18.1. The molecule has 3 rings (SSSR count). The van der Waals surface area contributed by atoms with Crippen molar-refractivity contribution in [1.29, 1.82) is 0 Å². The van der Waals surface area contributed by atoms with Crippen LogP contribution < -0.4 is 4.74 Å². The second kappa shape index (κ2) is 8.10. The molecule has 2 heterocycles. The van der Waals surface area contributed by atoms with Crippen molar-refractivity contribution in [2.45, 2.75) is 26.4 Å². The van der Waals surface area contributed by atoms with E-state index in [1.54, 1.807) is 18.3 Å². The monoisotopic (exact) mass is 354 g/mol. The van der Waals surface area contributed by atoms with E-state index in [0.717, 1.165) is 17.7 Å². The highest BCUT2D eigenvalue weighted by molar-refractivity contribution is 5.64. The Bertz CT molecular complexity index is 861. The van der Waals surface area contributed by atoms with E-state index >= 15 is 0 Å². The Morgan fingerprint density at radius 3 is 2.65 bits per heavy atom. The van der Waals surface area contributed by atoms with E-state index in [-0.39, 0.29) is 5.82 Å². The molecule has 0 aliphatic carbocycles. The molecule has 136 valence electrons. The first-order chi connectivity index (χ1) is 12.6. The number of pyridine rings is 1. The summed E-state index contributed by atoms with van der Waals surface area (Å²) < 4.78 is 19.4. The van der Waals surface area contributed by atoms with Crippen LogP contribution in [0, 0.1) is 5.82 Å². The Morgan fingerprint density at radius 2 is 2.00 bits per heavy atom. The topological polar surface area (TPSA) is 54.0 Å². The van der Waals surface area contributed by atoms with Crippen LogP contribution in [0.1, 0.15) is 23.7 Å². The van der Waals surface area contributed by atoms with Gasteiger partial charge in [0.1, 0.15) is 11.6 Å². The number of rotatable bonds is 7. The fraction of sp³-hybridized carbons (Fsp3) is 0.300. The van der Waals surface area contributed by atoms with Gasteiger partial charge in [-0.05, 0) is 37.2 Å². The zero-order valence-electron chi connectivity index (χ0n) is 15.3. The van der Waals surface area contributed by atoms with Crippen LogP contribution >= 0.6 is 0 Å². The quantitative estimate of drug-likeness (QED) is 0.701. The van der Waals surface area contributed by atoms with Crippen LogP contribution in [0.5, 0.6) is 5.75 Å². The number of hydrogen-bond acceptors (Lipinski definition) is 4. The fourth-order valence-corrected chi connectivity index (χ4v) is 2.87. The molecule has 2 aromatic heterocycles. The number of ether oxygens (including phenoxy) is 1. The van der Waals surface area contributed by atoms with Crippen LogP contribution in [0.2, 0.25) is 0 Å². The molecule has 26 heavy (non-hydrogen) atoms. The van der Waals surface area contributed by atoms with Crippen LogP contribution in [0.25, 0.3) is 11.3 Å². The van der Waals surface area contributed by atoms with Crippen LogP contribution in [-0.2, 0) is 19.5 Å². The highest BCUT2D eigenvalue weighted by Gasteiger charge is 2.14. The number of benzene rings is 1. The maximum Gasteiger partial charge on any atom is 0.136 e. The van der Waals surface area contributed by atoms with Gasteiger partial charge in [-0.15, -0.1) is 0 Å². The van der Waals surface area contributed by atoms with Crippen LogP contribution in [0.15, 0.2) is 42.7 Å². The number of halogens is 1. The summed E-state index contributed by atoms with van der Waals surface area (Å²) in [5.74, 6) is 0.153. The Hall–Kier alpha value is -2.73. The van der Waals surface area contributed by atoms with E-state index in [4.69, 9.17) is 4.74 Å². The first-order valence-electron chi connectivity index (χ1n) is 8.59. The molecular weight excluding hydrogens is 331 g/mol. The molecule has 0 bridgehead atoms. The lowest BCUT2D eigenvalue weighted by atomic mass is 10.1. The van der Waals surface area contributed by atoms with Gasteiger partial charge in [0.25, 0.3) is 0 Å². The van der Waals surface area contributed by atoms with Gasteiger partial charge in [0.2, 0.25) is 0 Å². The lowest BCUT2D eigenvalue weighted by Crippen LogP contribution is -2.18. The lowest BCUT2D eigenvalue weighted by Gasteiger charge is -2.16. The third-order valence-corrected chi connectivity index (χ3v) is 4.33. The number of H-pyrrole nitrogens is 1. The molecule has 0 amide bonds. The zero-order chi connectivity index (χ0) is 18.5. The van der Waals surface area contributed by atoms with Gasteiger partial charge in [0, 0.05) is 36.5 Å². The highest BCUT2D eigenvalue weighted by atomic mass is 19.1. The van der Waals surface area contributed by atoms with Crippen molar-refractivity contribution in [2.24, 2.45) is 0 Å². The second-order valence-electron chi connectivity index (χ2n) is 6.30. The Kier molecular flexibility index (Phi) is 5.63. The molecule has 3 aromatic rings. The largest absolute Gasteiger partial charge is 0.497 e. The standard InChI is InChI=1S/C20H23FN4O/c1-4-14-5-6-16(22-10-14)13-25(2)12-15-11-23-24-20(15)18-8-7-17(26-3)9-19(18)21/h5-11H,4,12-13H2,1-3H3,(H,23,24). The molecule has 0 aliphatic rings. The molecule has 0 spiro atoms. The molecule has 0 radical (unpaired) electrons. The van der Waals surface area contributed by atoms with Gasteiger partial charge in [-0.2, -0.15) is 5.10 Å². The van der Waals surface area contributed by atoms with Crippen molar-refractivity contribution >= 4 is 0 Å². The summed E-state index contributed by atoms with van der Waals surface area (Å²) in [5, 5.41) is 7.01. The third kappa shape index (κ3) is 4.08. The number of hydrogen-bond donors (Lipinski definition) is 1. The van der Waals surface area contributed by atoms with Gasteiger partial charge in [-0.25, -0.2) is 4.39 Å². The number of methoxy groups -OCH3 is 1. The minimum Gasteiger partial charge on any atom is -0.497 e. The van der Waals surface area contributed by atoms with E-state index in [1.165, 1.54) is 18.7 Å². The first-order valence-corrected chi connectivity index (χ1v) is 8.59. The summed E-state index contributed by atoms with van der Waals surface area (Å²) in [6.07, 6.45) is 4.64. The number of aromatic amines is 1. The molecule has 0 saturated carbocycles. The van der Waals surface area contributed by atoms with E-state index in [2.05, 4.69) is 39.1 Å². The van der Waals surface area contributed by atoms with Gasteiger partial charge in [-0.1, -0.05) is 13.0 Å². The number of nitrogens with zero attached hydrogens (tertiary/aromatic N) is 3. The van der Waals surface area contributed by atoms with E-state index in [1.807, 2.05) is 13.2 Å². The highest BCUT2D eigenvalue weighted by Crippen LogP contribution is 2.28. The molecule has 0 saturated heterocycles. The number of nitrogens with one attached hydrogen (secondary N) is 1. The summed E-state index contributed by atoms with van der Waals surface area (Å²) in [6, 6.07) is 8.98. The maximum absolute atomic E-state index is 14.4. The van der Waals surface area contributed by atoms with Gasteiger partial charge in [0.15, 0.2) is 0 Å². The summed E-state index contributed by atoms with van der Waals surface area (Å²) >= 11 is 0. The van der Waals surface area contributed by atoms with Gasteiger partial charge in [-0.3, -0.25) is 15.0 Å². The average Bonchev–Trinajstić information content (AvgIpc) is 3.09. The predicted octanol–water partition coefficient (Wildman–Crippen LogP) is 3.81. The summed E-state index contributed by atoms with van der Waals surface area (Å²) in [4.78, 5) is 6.62. The minimum absolute atomic E-state index is 0.339. The normalized spacial score (nSPS) is 11.1. The Labute approximate surface area is 152 Å². The lowest BCUT2D eigenvalue weighted by molar-refractivity contribution is 0.315. The summed E-state index contributed by atoms with van der Waals surface area (Å²) in [5.41, 5.74) is 4.33. The minimum atomic E-state index is -0.339. The van der Waals surface area contributed by atoms with Crippen LogP contribution in [0.4, 0.5) is 4.39 Å². The van der Waals surface area contributed by atoms with E-state index < -0.39 is 0 Å². The predicted molar refractivity (Wildman–Crippen MR) is 99.3 cm³/mol. The van der Waals surface area contributed by atoms with Gasteiger partial charge < -0.3 is 4.74 Å². The Morgan fingerprint density at radius 1 is 1.15 bits per heavy atom. The average molecular weight is 354 g/mol. The van der Waals surface area contributed by atoms with Crippen molar-refractivity contribution in [3.05, 3.63) is 65.4 Å². The van der Waals surface area contributed by atoms with Crippen molar-refractivity contribution in [1.82, 2.24) is 20.1 Å². The zero-order valence-corrected chi connectivity index (χ0v) is 15.3. The molecule has 0 atom stereocenters. The van der Waals surface area contributed by atoms with Gasteiger partial charge >= 0.3 is 0 Å². The maximum atomic E-state index is 14.4. The smallest absolute Gasteiger partial charge is 0.136 e. The van der Waals surface area contributed by atoms with E-state index in [0.29, 0.717) is 30.1 Å². The molecule has 6 heteroatoms. The van der Waals surface area contributed by atoms with Crippen molar-refractivity contribution in [2.75, 3.05) is 14.2 Å². The molecule has 1 N–H and O–H groups in total. The third-order valence-electron chi connectivity index (χ3n) is 4.33. The van der Waals surface area contributed by atoms with Crippen LogP contribution in [-0.4, -0.2) is 34.2 Å². The molecule has 0 fully saturated rings. The van der Waals surface area contributed by atoms with Crippen molar-refractivity contribution < 1.29 is 9.13 Å². The molecule has 1 aromatic carbocycles. The van der Waals surface area contributed by atoms with Crippen molar-refractivity contribution in [3.63, 3.8) is 0 Å². The molecule has 5 nitrogen and oxygen atoms in total. The summed E-state index contributed by atoms with van der Waals surface area (Å²) in [6.45, 7) is 3.45. The van der Waals surface area contributed by atoms with Crippen LogP contribution in [0.3, 0.4) is 0 Å². The fourth-order valence-electron chi connectivity index (χ4n) is 2.87. The van der Waals surface area contributed by atoms with Gasteiger partial charge in [0.05, 0.1) is 24.7 Å².